The van der Waals surface area contributed by atoms with Gasteiger partial charge >= 0.3 is 6.18 Å². The van der Waals surface area contributed by atoms with E-state index in [1.165, 1.54) is 26.1 Å². The quantitative estimate of drug-likeness (QED) is 0.866. The van der Waals surface area contributed by atoms with Gasteiger partial charge in [-0.3, -0.25) is 4.79 Å². The summed E-state index contributed by atoms with van der Waals surface area (Å²) < 4.78 is 37.8. The molecule has 2 N–H and O–H groups in total. The molecular formula is C14H16F3N3O. The number of nitrogens with two attached hydrogens (primary N) is 1. The maximum absolute atomic E-state index is 12.6. The summed E-state index contributed by atoms with van der Waals surface area (Å²) in [6, 6.07) is 2.46. The molecule has 0 saturated carbocycles. The maximum atomic E-state index is 12.6. The van der Waals surface area contributed by atoms with Crippen LogP contribution in [0.25, 0.3) is 0 Å². The van der Waals surface area contributed by atoms with Gasteiger partial charge in [0.05, 0.1) is 12.1 Å². The van der Waals surface area contributed by atoms with Crippen molar-refractivity contribution in [3.8, 4) is 11.8 Å². The van der Waals surface area contributed by atoms with Crippen LogP contribution in [0.3, 0.4) is 0 Å². The number of amides is 1. The lowest BCUT2D eigenvalue weighted by molar-refractivity contribution is -0.143. The molecule has 0 radical (unpaired) electrons. The molecule has 0 fully saturated rings. The van der Waals surface area contributed by atoms with Crippen molar-refractivity contribution in [2.75, 3.05) is 13.1 Å². The van der Waals surface area contributed by atoms with Gasteiger partial charge in [0, 0.05) is 12.2 Å². The van der Waals surface area contributed by atoms with Gasteiger partial charge in [0.15, 0.2) is 0 Å². The topological polar surface area (TPSA) is 59.2 Å². The van der Waals surface area contributed by atoms with E-state index in [9.17, 15) is 18.0 Å². The highest BCUT2D eigenvalue weighted by molar-refractivity contribution is 5.95. The number of hydrogen-bond donors (Lipinski definition) is 1. The zero-order valence-corrected chi connectivity index (χ0v) is 11.7. The summed E-state index contributed by atoms with van der Waals surface area (Å²) in [5, 5.41) is 0. The number of pyridine rings is 1. The van der Waals surface area contributed by atoms with Gasteiger partial charge in [-0.1, -0.05) is 11.8 Å². The van der Waals surface area contributed by atoms with E-state index in [0.717, 1.165) is 4.90 Å². The lowest BCUT2D eigenvalue weighted by Crippen LogP contribution is -2.43. The number of aromatic nitrogens is 1. The highest BCUT2D eigenvalue weighted by Crippen LogP contribution is 2.20. The van der Waals surface area contributed by atoms with E-state index in [1.54, 1.807) is 6.07 Å². The second-order valence-electron chi connectivity index (χ2n) is 4.55. The van der Waals surface area contributed by atoms with E-state index < -0.39 is 24.7 Å². The van der Waals surface area contributed by atoms with E-state index in [1.807, 2.05) is 0 Å². The Kier molecular flexibility index (Phi) is 5.73. The molecule has 7 heteroatoms. The molecule has 0 bridgehead atoms. The highest BCUT2D eigenvalue weighted by atomic mass is 19.4. The molecule has 1 amide bonds. The summed E-state index contributed by atoms with van der Waals surface area (Å²) in [5.74, 6) is 4.40. The number of alkyl halides is 3. The fraction of sp³-hybridized carbons (Fsp3) is 0.429. The van der Waals surface area contributed by atoms with Crippen molar-refractivity contribution >= 4 is 5.91 Å². The molecule has 0 spiro atoms. The molecule has 1 rings (SSSR count). The van der Waals surface area contributed by atoms with Crippen molar-refractivity contribution in [1.29, 1.82) is 0 Å². The Morgan fingerprint density at radius 2 is 2.14 bits per heavy atom. The average molecular weight is 299 g/mol. The standard InChI is InChI=1S/C14H16F3N3O/c1-10(2)20(9-14(15,16)17)13(21)12-11(5-3-7-18)6-4-8-19-12/h4,6,8,10H,7,9,18H2,1-2H3. The van der Waals surface area contributed by atoms with Crippen LogP contribution in [0.2, 0.25) is 0 Å². The van der Waals surface area contributed by atoms with Crippen LogP contribution >= 0.6 is 0 Å². The van der Waals surface area contributed by atoms with Crippen LogP contribution in [0, 0.1) is 11.8 Å². The van der Waals surface area contributed by atoms with Gasteiger partial charge in [0.25, 0.3) is 5.91 Å². The third kappa shape index (κ3) is 5.08. The van der Waals surface area contributed by atoms with Gasteiger partial charge in [-0.05, 0) is 26.0 Å². The van der Waals surface area contributed by atoms with Gasteiger partial charge in [-0.25, -0.2) is 4.98 Å². The first-order valence-corrected chi connectivity index (χ1v) is 6.28. The molecule has 0 unspecified atom stereocenters. The fourth-order valence-corrected chi connectivity index (χ4v) is 1.64. The van der Waals surface area contributed by atoms with Crippen LogP contribution in [0.4, 0.5) is 13.2 Å². The zero-order valence-electron chi connectivity index (χ0n) is 11.7. The summed E-state index contributed by atoms with van der Waals surface area (Å²) in [6.45, 7) is 1.78. The van der Waals surface area contributed by atoms with Crippen LogP contribution in [0.1, 0.15) is 29.9 Å². The normalized spacial score (nSPS) is 11.0. The molecule has 114 valence electrons. The van der Waals surface area contributed by atoms with Crippen LogP contribution < -0.4 is 5.73 Å². The zero-order chi connectivity index (χ0) is 16.0. The number of hydrogen-bond acceptors (Lipinski definition) is 3. The molecule has 1 heterocycles. The minimum atomic E-state index is -4.47. The molecule has 1 aromatic heterocycles. The largest absolute Gasteiger partial charge is 0.406 e. The lowest BCUT2D eigenvalue weighted by Gasteiger charge is -2.27. The molecule has 0 atom stereocenters. The second-order valence-corrected chi connectivity index (χ2v) is 4.55. The smallest absolute Gasteiger partial charge is 0.326 e. The number of halogens is 3. The number of carbonyl (C=O) groups is 1. The Balaban J connectivity index is 3.16. The third-order valence-corrected chi connectivity index (χ3v) is 2.57. The van der Waals surface area contributed by atoms with Crippen LogP contribution in [-0.4, -0.2) is 41.1 Å². The molecule has 0 saturated heterocycles. The summed E-state index contributed by atoms with van der Waals surface area (Å²) in [7, 11) is 0. The van der Waals surface area contributed by atoms with Crippen LogP contribution in [0.5, 0.6) is 0 Å². The third-order valence-electron chi connectivity index (χ3n) is 2.57. The molecule has 0 aromatic carbocycles. The first-order valence-electron chi connectivity index (χ1n) is 6.28. The van der Waals surface area contributed by atoms with Gasteiger partial charge in [-0.15, -0.1) is 0 Å². The summed E-state index contributed by atoms with van der Waals surface area (Å²) >= 11 is 0. The van der Waals surface area contributed by atoms with Gasteiger partial charge in [0.1, 0.15) is 12.2 Å². The SMILES string of the molecule is CC(C)N(CC(F)(F)F)C(=O)c1ncccc1C#CCN. The van der Waals surface area contributed by atoms with Crippen molar-refractivity contribution in [3.63, 3.8) is 0 Å². The monoisotopic (exact) mass is 299 g/mol. The minimum Gasteiger partial charge on any atom is -0.326 e. The molecule has 21 heavy (non-hydrogen) atoms. The Bertz CT molecular complexity index is 559. The second kappa shape index (κ2) is 7.09. The lowest BCUT2D eigenvalue weighted by atomic mass is 10.1. The van der Waals surface area contributed by atoms with Gasteiger partial charge in [-0.2, -0.15) is 13.2 Å². The summed E-state index contributed by atoms with van der Waals surface area (Å²) in [5.41, 5.74) is 5.42. The molecule has 1 aromatic rings. The molecule has 4 nitrogen and oxygen atoms in total. The summed E-state index contributed by atoms with van der Waals surface area (Å²) in [4.78, 5) is 16.9. The van der Waals surface area contributed by atoms with E-state index in [-0.39, 0.29) is 17.8 Å². The molecule has 0 aliphatic rings. The van der Waals surface area contributed by atoms with Crippen LogP contribution in [-0.2, 0) is 0 Å². The van der Waals surface area contributed by atoms with Gasteiger partial charge < -0.3 is 10.6 Å². The molecular weight excluding hydrogens is 283 g/mol. The number of nitrogens with zero attached hydrogens (tertiary/aromatic N) is 2. The van der Waals surface area contributed by atoms with Gasteiger partial charge in [0.2, 0.25) is 0 Å². The Labute approximate surface area is 121 Å². The Morgan fingerprint density at radius 3 is 2.67 bits per heavy atom. The average Bonchev–Trinajstić information content (AvgIpc) is 2.41. The molecule has 0 aliphatic heterocycles. The van der Waals surface area contributed by atoms with E-state index >= 15 is 0 Å². The number of rotatable bonds is 3. The van der Waals surface area contributed by atoms with E-state index in [4.69, 9.17) is 5.73 Å². The number of carbonyl (C=O) groups excluding carboxylic acids is 1. The van der Waals surface area contributed by atoms with Crippen molar-refractivity contribution in [2.45, 2.75) is 26.1 Å². The van der Waals surface area contributed by atoms with Crippen molar-refractivity contribution in [1.82, 2.24) is 9.88 Å². The van der Waals surface area contributed by atoms with Crippen molar-refractivity contribution in [3.05, 3.63) is 29.6 Å². The van der Waals surface area contributed by atoms with E-state index in [2.05, 4.69) is 16.8 Å². The first-order chi connectivity index (χ1) is 9.76. The minimum absolute atomic E-state index is 0.0823. The fourth-order valence-electron chi connectivity index (χ4n) is 1.64. The van der Waals surface area contributed by atoms with Crippen molar-refractivity contribution in [2.24, 2.45) is 5.73 Å². The van der Waals surface area contributed by atoms with Crippen molar-refractivity contribution < 1.29 is 18.0 Å². The Hall–Kier alpha value is -2.07. The maximum Gasteiger partial charge on any atom is 0.406 e. The van der Waals surface area contributed by atoms with E-state index in [0.29, 0.717) is 0 Å². The first kappa shape index (κ1) is 17.0. The van der Waals surface area contributed by atoms with Crippen LogP contribution in [0.15, 0.2) is 18.3 Å². The predicted octanol–water partition coefficient (Wildman–Crippen LogP) is 1.80. The molecule has 0 aliphatic carbocycles. The highest BCUT2D eigenvalue weighted by Gasteiger charge is 2.35. The summed E-state index contributed by atoms with van der Waals surface area (Å²) in [6.07, 6.45) is -3.13. The predicted molar refractivity (Wildman–Crippen MR) is 72.4 cm³/mol. The Morgan fingerprint density at radius 1 is 1.48 bits per heavy atom.